The number of phosphoric ester groups is 1. The Hall–Kier alpha value is -3.80. The number of hydrogen-bond donors (Lipinski definition) is 2. The van der Waals surface area contributed by atoms with Gasteiger partial charge in [0.15, 0.2) is 22.9 Å². The lowest BCUT2D eigenvalue weighted by molar-refractivity contribution is -0.0664. The number of carbonyl (C=O) groups excluding carboxylic acids is 1. The lowest BCUT2D eigenvalue weighted by Crippen LogP contribution is -2.45. The van der Waals surface area contributed by atoms with Crippen molar-refractivity contribution in [1.82, 2.24) is 19.5 Å². The molecule has 3 fully saturated rings. The van der Waals surface area contributed by atoms with Crippen LogP contribution in [0.1, 0.15) is 30.6 Å². The maximum absolute atomic E-state index is 13.3. The van der Waals surface area contributed by atoms with Gasteiger partial charge in [0.25, 0.3) is 5.56 Å². The van der Waals surface area contributed by atoms with Gasteiger partial charge in [-0.1, -0.05) is 12.1 Å². The van der Waals surface area contributed by atoms with Crippen LogP contribution in [0.2, 0.25) is 0 Å². The summed E-state index contributed by atoms with van der Waals surface area (Å²) in [6.45, 7) is 1.53. The van der Waals surface area contributed by atoms with Crippen LogP contribution in [-0.4, -0.2) is 62.8 Å². The Balaban J connectivity index is 1.19. The third-order valence-electron chi connectivity index (χ3n) is 6.93. The van der Waals surface area contributed by atoms with Crippen LogP contribution in [0.5, 0.6) is 0 Å². The second kappa shape index (κ2) is 9.44. The molecule has 0 bridgehead atoms. The van der Waals surface area contributed by atoms with Gasteiger partial charge in [-0.2, -0.15) is 10.2 Å². The van der Waals surface area contributed by atoms with Crippen LogP contribution in [-0.2, 0) is 38.9 Å². The maximum Gasteiger partial charge on any atom is 0.509 e. The van der Waals surface area contributed by atoms with Gasteiger partial charge in [0.1, 0.15) is 12.2 Å². The monoisotopic (exact) mass is 558 g/mol. The van der Waals surface area contributed by atoms with E-state index in [1.54, 1.807) is 35.8 Å². The molecular weight excluding hydrogens is 535 g/mol. The van der Waals surface area contributed by atoms with Crippen molar-refractivity contribution >= 4 is 31.1 Å². The first-order chi connectivity index (χ1) is 18.7. The van der Waals surface area contributed by atoms with E-state index in [0.717, 1.165) is 0 Å². The molecule has 3 saturated heterocycles. The van der Waals surface area contributed by atoms with Crippen molar-refractivity contribution in [3.63, 3.8) is 0 Å². The highest BCUT2D eigenvalue weighted by molar-refractivity contribution is 7.48. The smallest absolute Gasteiger partial charge is 0.424 e. The molecule has 15 nitrogen and oxygen atoms in total. The second-order valence-corrected chi connectivity index (χ2v) is 11.1. The average molecular weight is 558 g/mol. The predicted molar refractivity (Wildman–Crippen MR) is 130 cm³/mol. The Morgan fingerprint density at radius 3 is 3.05 bits per heavy atom. The van der Waals surface area contributed by atoms with Crippen LogP contribution in [0.25, 0.3) is 11.2 Å². The van der Waals surface area contributed by atoms with E-state index in [-0.39, 0.29) is 36.9 Å². The molecule has 39 heavy (non-hydrogen) atoms. The molecule has 0 aliphatic carbocycles. The zero-order valence-corrected chi connectivity index (χ0v) is 21.4. The number of H-pyrrole nitrogens is 1. The van der Waals surface area contributed by atoms with E-state index < -0.39 is 49.6 Å². The second-order valence-electron chi connectivity index (χ2n) is 9.45. The summed E-state index contributed by atoms with van der Waals surface area (Å²) in [5, 5.41) is 9.18. The molecule has 3 aromatic rings. The van der Waals surface area contributed by atoms with E-state index in [0.29, 0.717) is 17.5 Å². The van der Waals surface area contributed by atoms with Gasteiger partial charge in [-0.3, -0.25) is 23.3 Å². The fourth-order valence-corrected chi connectivity index (χ4v) is 6.40. The highest BCUT2D eigenvalue weighted by atomic mass is 31.2. The number of benzene rings is 1. The van der Waals surface area contributed by atoms with Crippen LogP contribution >= 0.6 is 7.82 Å². The van der Waals surface area contributed by atoms with Crippen molar-refractivity contribution < 1.29 is 37.1 Å². The topological polar surface area (TPSA) is 203 Å². The minimum absolute atomic E-state index is 0.0779. The molecule has 6 atom stereocenters. The number of nitrogens with zero attached hydrogens (tertiary/aromatic N) is 4. The number of phosphoric acid groups is 1. The van der Waals surface area contributed by atoms with E-state index >= 15 is 0 Å². The Kier molecular flexibility index (Phi) is 6.17. The van der Waals surface area contributed by atoms with E-state index in [9.17, 15) is 19.4 Å². The highest BCUT2D eigenvalue weighted by Gasteiger charge is 2.63. The number of carbonyl (C=O) groups is 1. The molecule has 0 amide bonds. The molecule has 5 heterocycles. The summed E-state index contributed by atoms with van der Waals surface area (Å²) >= 11 is 0. The molecule has 6 rings (SSSR count). The van der Waals surface area contributed by atoms with Crippen molar-refractivity contribution in [3.05, 3.63) is 52.1 Å². The van der Waals surface area contributed by atoms with Gasteiger partial charge in [-0.25, -0.2) is 14.3 Å². The number of rotatable bonds is 6. The third kappa shape index (κ3) is 4.56. The molecule has 16 heteroatoms. The van der Waals surface area contributed by atoms with Crippen LogP contribution in [0.4, 0.5) is 10.7 Å². The number of fused-ring (bicyclic) bond motifs is 2. The fraction of sp³-hybridized carbons (Fsp3) is 0.435. The fourth-order valence-electron chi connectivity index (χ4n) is 5.01. The minimum atomic E-state index is -4.03. The largest absolute Gasteiger partial charge is 0.509 e. The first kappa shape index (κ1) is 25.5. The number of nitrogen functional groups attached to an aromatic ring is 1. The lowest BCUT2D eigenvalue weighted by atomic mass is 9.93. The molecule has 1 unspecified atom stereocenters. The minimum Gasteiger partial charge on any atom is -0.424 e. The molecule has 204 valence electrons. The average Bonchev–Trinajstić information content (AvgIpc) is 3.53. The number of imidazole rings is 1. The van der Waals surface area contributed by atoms with Crippen molar-refractivity contribution in [2.45, 2.75) is 49.9 Å². The number of anilines is 1. The van der Waals surface area contributed by atoms with E-state index in [1.807, 2.05) is 0 Å². The van der Waals surface area contributed by atoms with E-state index in [4.69, 9.17) is 33.5 Å². The van der Waals surface area contributed by atoms with Gasteiger partial charge < -0.3 is 24.5 Å². The van der Waals surface area contributed by atoms with Crippen molar-refractivity contribution in [3.8, 4) is 6.07 Å². The van der Waals surface area contributed by atoms with E-state index in [2.05, 4.69) is 21.0 Å². The summed E-state index contributed by atoms with van der Waals surface area (Å²) in [6.07, 6.45) is -2.24. The van der Waals surface area contributed by atoms with Crippen molar-refractivity contribution in [2.75, 3.05) is 18.9 Å². The van der Waals surface area contributed by atoms with Gasteiger partial charge in [-0.15, -0.1) is 0 Å². The van der Waals surface area contributed by atoms with Gasteiger partial charge in [-0.05, 0) is 24.6 Å². The molecular formula is C23H23N6O9P. The number of nitriles is 1. The predicted octanol–water partition coefficient (Wildman–Crippen LogP) is 1.94. The summed E-state index contributed by atoms with van der Waals surface area (Å²) < 4.78 is 48.6. The SMILES string of the molecule is C[C@@]12OC(=O)O[C@@H]1[C@@H](COP1(=O)OCC[C@@H](c3cccc(C#N)c3)O1)O[C@H]2Cn1cnc2c(=O)[nH]c(N)nc21. The number of aromatic amines is 1. The molecule has 1 aromatic carbocycles. The zero-order valence-electron chi connectivity index (χ0n) is 20.5. The first-order valence-electron chi connectivity index (χ1n) is 12.0. The Labute approximate surface area is 220 Å². The zero-order chi connectivity index (χ0) is 27.4. The number of ether oxygens (including phenoxy) is 3. The summed E-state index contributed by atoms with van der Waals surface area (Å²) in [5.41, 5.74) is 5.38. The quantitative estimate of drug-likeness (QED) is 0.328. The summed E-state index contributed by atoms with van der Waals surface area (Å²) in [4.78, 5) is 34.9. The summed E-state index contributed by atoms with van der Waals surface area (Å²) in [5.74, 6) is -0.0811. The Morgan fingerprint density at radius 1 is 1.38 bits per heavy atom. The number of hydrogen-bond acceptors (Lipinski definition) is 13. The van der Waals surface area contributed by atoms with Crippen LogP contribution in [0.3, 0.4) is 0 Å². The van der Waals surface area contributed by atoms with Crippen LogP contribution < -0.4 is 11.3 Å². The highest BCUT2D eigenvalue weighted by Crippen LogP contribution is 2.57. The maximum atomic E-state index is 13.3. The van der Waals surface area contributed by atoms with Gasteiger partial charge in [0, 0.05) is 6.42 Å². The molecule has 0 spiro atoms. The Bertz CT molecular complexity index is 1600. The third-order valence-corrected chi connectivity index (χ3v) is 8.41. The summed E-state index contributed by atoms with van der Waals surface area (Å²) in [6, 6.07) is 8.85. The number of nitrogens with two attached hydrogens (primary N) is 1. The lowest BCUT2D eigenvalue weighted by Gasteiger charge is -2.30. The molecule has 3 aliphatic rings. The van der Waals surface area contributed by atoms with Crippen molar-refractivity contribution in [1.29, 1.82) is 5.26 Å². The molecule has 0 saturated carbocycles. The standard InChI is InChI=1S/C23H23N6O9P/c1-23-16(9-29-11-26-17-19(29)27-21(25)28-20(17)30)35-15(18(23)36-22(31)37-23)10-34-39(32)33-6-5-14(38-39)13-4-2-3-12(7-13)8-24/h2-4,7,11,14-16,18H,5-6,9-10H2,1H3,(H3,25,27,28,30)/t14-,15+,16-,18+,23-,39?/m0/s1. The summed E-state index contributed by atoms with van der Waals surface area (Å²) in [7, 11) is -4.03. The molecule has 2 aromatic heterocycles. The van der Waals surface area contributed by atoms with Crippen molar-refractivity contribution in [2.24, 2.45) is 0 Å². The van der Waals surface area contributed by atoms with Gasteiger partial charge >= 0.3 is 14.0 Å². The Morgan fingerprint density at radius 2 is 2.23 bits per heavy atom. The number of nitrogens with one attached hydrogen (secondary N) is 1. The van der Waals surface area contributed by atoms with Crippen LogP contribution in [0, 0.1) is 11.3 Å². The van der Waals surface area contributed by atoms with Crippen LogP contribution in [0.15, 0.2) is 35.4 Å². The molecule has 0 radical (unpaired) electrons. The first-order valence-corrected chi connectivity index (χ1v) is 13.5. The van der Waals surface area contributed by atoms with E-state index in [1.165, 1.54) is 6.33 Å². The normalized spacial score (nSPS) is 31.9. The van der Waals surface area contributed by atoms with Gasteiger partial charge in [0.2, 0.25) is 5.95 Å². The van der Waals surface area contributed by atoms with Gasteiger partial charge in [0.05, 0.1) is 43.8 Å². The number of aromatic nitrogens is 4. The molecule has 3 aliphatic heterocycles. The molecule has 3 N–H and O–H groups in total.